The van der Waals surface area contributed by atoms with Crippen molar-refractivity contribution in [3.05, 3.63) is 47.4 Å². The molecule has 124 valence electrons. The van der Waals surface area contributed by atoms with Crippen LogP contribution in [0.5, 0.6) is 11.5 Å². The summed E-state index contributed by atoms with van der Waals surface area (Å²) in [4.78, 5) is 17.1. The fourth-order valence-corrected chi connectivity index (χ4v) is 2.59. The highest BCUT2D eigenvalue weighted by Gasteiger charge is 2.19. The number of nitrogens with one attached hydrogen (secondary N) is 1. The zero-order valence-electron chi connectivity index (χ0n) is 14.0. The third-order valence-corrected chi connectivity index (χ3v) is 3.64. The third-order valence-electron chi connectivity index (χ3n) is 3.64. The lowest BCUT2D eigenvalue weighted by molar-refractivity contribution is 0.102. The Morgan fingerprint density at radius 2 is 1.83 bits per heavy atom. The highest BCUT2D eigenvalue weighted by Crippen LogP contribution is 2.29. The molecule has 0 spiro atoms. The van der Waals surface area contributed by atoms with Gasteiger partial charge in [-0.3, -0.25) is 4.79 Å². The minimum atomic E-state index is -0.320. The number of carbonyl (C=O) groups excluding carboxylic acids is 1. The number of rotatable bonds is 4. The maximum atomic E-state index is 12.7. The van der Waals surface area contributed by atoms with E-state index in [1.807, 2.05) is 19.9 Å². The Bertz CT molecular complexity index is 895. The van der Waals surface area contributed by atoms with Gasteiger partial charge in [0, 0.05) is 0 Å². The van der Waals surface area contributed by atoms with Gasteiger partial charge in [-0.05, 0) is 37.6 Å². The van der Waals surface area contributed by atoms with Gasteiger partial charge in [-0.25, -0.2) is 9.50 Å². The van der Waals surface area contributed by atoms with E-state index in [0.29, 0.717) is 28.6 Å². The maximum absolute atomic E-state index is 12.7. The van der Waals surface area contributed by atoms with E-state index in [2.05, 4.69) is 15.4 Å². The number of methoxy groups -OCH3 is 2. The first-order valence-corrected chi connectivity index (χ1v) is 7.39. The predicted molar refractivity (Wildman–Crippen MR) is 90.0 cm³/mol. The van der Waals surface area contributed by atoms with Crippen LogP contribution < -0.4 is 14.8 Å². The van der Waals surface area contributed by atoms with Crippen LogP contribution >= 0.6 is 0 Å². The van der Waals surface area contributed by atoms with E-state index in [4.69, 9.17) is 9.47 Å². The van der Waals surface area contributed by atoms with Crippen molar-refractivity contribution in [1.29, 1.82) is 0 Å². The lowest BCUT2D eigenvalue weighted by atomic mass is 10.1. The molecule has 1 aromatic carbocycles. The molecule has 7 heteroatoms. The molecule has 0 radical (unpaired) electrons. The molecule has 0 aliphatic rings. The van der Waals surface area contributed by atoms with Crippen molar-refractivity contribution in [3.63, 3.8) is 0 Å². The summed E-state index contributed by atoms with van der Waals surface area (Å²) in [5, 5.41) is 7.15. The fourth-order valence-electron chi connectivity index (χ4n) is 2.59. The molecule has 2 aromatic heterocycles. The smallest absolute Gasteiger partial charge is 0.263 e. The van der Waals surface area contributed by atoms with Crippen molar-refractivity contribution in [2.24, 2.45) is 0 Å². The molecular weight excluding hydrogens is 308 g/mol. The molecule has 0 saturated carbocycles. The molecule has 1 N–H and O–H groups in total. The number of fused-ring (bicyclic) bond motifs is 1. The summed E-state index contributed by atoms with van der Waals surface area (Å²) in [6, 6.07) is 7.05. The molecule has 0 unspecified atom stereocenters. The van der Waals surface area contributed by atoms with Crippen LogP contribution in [0.3, 0.4) is 0 Å². The van der Waals surface area contributed by atoms with Crippen LogP contribution in [0, 0.1) is 13.8 Å². The summed E-state index contributed by atoms with van der Waals surface area (Å²) in [5.41, 5.74) is 2.64. The summed E-state index contributed by atoms with van der Waals surface area (Å²) in [7, 11) is 3.03. The van der Waals surface area contributed by atoms with E-state index in [1.54, 1.807) is 28.9 Å². The SMILES string of the molecule is COc1cccc(OC)c1C(=O)Nc1cc(C)c2nc(C)nn2c1. The van der Waals surface area contributed by atoms with Crippen LogP contribution in [0.25, 0.3) is 5.65 Å². The molecule has 2 heterocycles. The number of amides is 1. The number of aromatic nitrogens is 3. The van der Waals surface area contributed by atoms with Gasteiger partial charge in [-0.2, -0.15) is 5.10 Å². The molecule has 0 aliphatic carbocycles. The molecule has 3 aromatic rings. The first-order valence-electron chi connectivity index (χ1n) is 7.39. The maximum Gasteiger partial charge on any atom is 0.263 e. The van der Waals surface area contributed by atoms with Crippen molar-refractivity contribution in [3.8, 4) is 11.5 Å². The van der Waals surface area contributed by atoms with Crippen molar-refractivity contribution >= 4 is 17.2 Å². The van der Waals surface area contributed by atoms with Crippen LogP contribution in [-0.2, 0) is 0 Å². The fraction of sp³-hybridized carbons (Fsp3) is 0.235. The van der Waals surface area contributed by atoms with Gasteiger partial charge in [0.15, 0.2) is 5.65 Å². The Morgan fingerprint density at radius 1 is 1.17 bits per heavy atom. The molecule has 7 nitrogen and oxygen atoms in total. The first kappa shape index (κ1) is 15.8. The van der Waals surface area contributed by atoms with E-state index >= 15 is 0 Å². The second kappa shape index (κ2) is 6.19. The summed E-state index contributed by atoms with van der Waals surface area (Å²) in [5.74, 6) is 1.25. The van der Waals surface area contributed by atoms with Crippen molar-refractivity contribution in [2.75, 3.05) is 19.5 Å². The Labute approximate surface area is 139 Å². The van der Waals surface area contributed by atoms with Gasteiger partial charge < -0.3 is 14.8 Å². The van der Waals surface area contributed by atoms with Gasteiger partial charge in [0.2, 0.25) is 0 Å². The Hall–Kier alpha value is -3.09. The first-order chi connectivity index (χ1) is 11.5. The largest absolute Gasteiger partial charge is 0.496 e. The molecule has 1 amide bonds. The normalized spacial score (nSPS) is 10.7. The topological polar surface area (TPSA) is 77.8 Å². The van der Waals surface area contributed by atoms with E-state index in [9.17, 15) is 4.79 Å². The van der Waals surface area contributed by atoms with Gasteiger partial charge >= 0.3 is 0 Å². The Balaban J connectivity index is 1.98. The molecule has 0 bridgehead atoms. The molecule has 0 aliphatic heterocycles. The second-order valence-electron chi connectivity index (χ2n) is 5.33. The van der Waals surface area contributed by atoms with Crippen molar-refractivity contribution in [2.45, 2.75) is 13.8 Å². The number of anilines is 1. The van der Waals surface area contributed by atoms with Gasteiger partial charge in [0.25, 0.3) is 5.91 Å². The minimum absolute atomic E-state index is 0.320. The molecular formula is C17H18N4O3. The monoisotopic (exact) mass is 326 g/mol. The average Bonchev–Trinajstić information content (AvgIpc) is 2.94. The lowest BCUT2D eigenvalue weighted by Crippen LogP contribution is -2.15. The van der Waals surface area contributed by atoms with E-state index in [-0.39, 0.29) is 5.91 Å². The van der Waals surface area contributed by atoms with E-state index < -0.39 is 0 Å². The summed E-state index contributed by atoms with van der Waals surface area (Å²) < 4.78 is 12.2. The van der Waals surface area contributed by atoms with Crippen LogP contribution in [-0.4, -0.2) is 34.7 Å². The quantitative estimate of drug-likeness (QED) is 0.797. The van der Waals surface area contributed by atoms with Gasteiger partial charge in [-0.15, -0.1) is 0 Å². The number of ether oxygens (including phenoxy) is 2. The molecule has 3 rings (SSSR count). The molecule has 0 atom stereocenters. The highest BCUT2D eigenvalue weighted by atomic mass is 16.5. The standard InChI is InChI=1S/C17H18N4O3/c1-10-8-12(9-21-16(10)18-11(2)20-21)19-17(22)15-13(23-3)6-5-7-14(15)24-4/h5-9H,1-4H3,(H,19,22). The number of hydrogen-bond acceptors (Lipinski definition) is 5. The highest BCUT2D eigenvalue weighted by molar-refractivity contribution is 6.08. The number of hydrogen-bond donors (Lipinski definition) is 1. The number of aryl methyl sites for hydroxylation is 2. The third kappa shape index (κ3) is 2.76. The second-order valence-corrected chi connectivity index (χ2v) is 5.33. The Morgan fingerprint density at radius 3 is 2.46 bits per heavy atom. The van der Waals surface area contributed by atoms with Gasteiger partial charge in [-0.1, -0.05) is 6.07 Å². The number of benzene rings is 1. The summed E-state index contributed by atoms with van der Waals surface area (Å²) in [6.07, 6.45) is 1.72. The predicted octanol–water partition coefficient (Wildman–Crippen LogP) is 2.62. The van der Waals surface area contributed by atoms with Gasteiger partial charge in [0.05, 0.1) is 26.1 Å². The molecule has 0 fully saturated rings. The van der Waals surface area contributed by atoms with Crippen LogP contribution in [0.1, 0.15) is 21.7 Å². The number of carbonyl (C=O) groups is 1. The number of nitrogens with zero attached hydrogens (tertiary/aromatic N) is 3. The average molecular weight is 326 g/mol. The Kier molecular flexibility index (Phi) is 4.07. The van der Waals surface area contributed by atoms with Crippen molar-refractivity contribution < 1.29 is 14.3 Å². The molecule has 24 heavy (non-hydrogen) atoms. The minimum Gasteiger partial charge on any atom is -0.496 e. The molecule has 0 saturated heterocycles. The van der Waals surface area contributed by atoms with Crippen molar-refractivity contribution in [1.82, 2.24) is 14.6 Å². The zero-order valence-corrected chi connectivity index (χ0v) is 14.0. The summed E-state index contributed by atoms with van der Waals surface area (Å²) in [6.45, 7) is 3.74. The van der Waals surface area contributed by atoms with Crippen LogP contribution in [0.4, 0.5) is 5.69 Å². The lowest BCUT2D eigenvalue weighted by Gasteiger charge is -2.13. The number of pyridine rings is 1. The van der Waals surface area contributed by atoms with E-state index in [1.165, 1.54) is 14.2 Å². The van der Waals surface area contributed by atoms with Crippen LogP contribution in [0.2, 0.25) is 0 Å². The van der Waals surface area contributed by atoms with Crippen LogP contribution in [0.15, 0.2) is 30.5 Å². The summed E-state index contributed by atoms with van der Waals surface area (Å²) >= 11 is 0. The van der Waals surface area contributed by atoms with E-state index in [0.717, 1.165) is 11.2 Å². The zero-order chi connectivity index (χ0) is 17.3. The van der Waals surface area contributed by atoms with Gasteiger partial charge in [0.1, 0.15) is 22.9 Å².